The molecule has 0 bridgehead atoms. The van der Waals surface area contributed by atoms with Crippen LogP contribution in [0.25, 0.3) is 0 Å². The van der Waals surface area contributed by atoms with Crippen molar-refractivity contribution in [2.45, 2.75) is 50.2 Å². The van der Waals surface area contributed by atoms with Crippen molar-refractivity contribution >= 4 is 29.1 Å². The zero-order valence-corrected chi connectivity index (χ0v) is 20.9. The molecular weight excluding hydrogens is 509 g/mol. The Bertz CT molecular complexity index is 1430. The van der Waals surface area contributed by atoms with E-state index in [4.69, 9.17) is 5.73 Å². The Morgan fingerprint density at radius 1 is 0.897 bits per heavy atom. The number of amides is 3. The zero-order valence-electron chi connectivity index (χ0n) is 20.9. The molecule has 3 unspecified atom stereocenters. The minimum absolute atomic E-state index is 0.144. The van der Waals surface area contributed by atoms with Gasteiger partial charge in [-0.1, -0.05) is 25.0 Å². The molecule has 1 saturated carbocycles. The second-order valence-corrected chi connectivity index (χ2v) is 9.88. The summed E-state index contributed by atoms with van der Waals surface area (Å²) in [6, 6.07) is 11.4. The lowest BCUT2D eigenvalue weighted by atomic mass is 9.91. The third kappa shape index (κ3) is 5.51. The zero-order chi connectivity index (χ0) is 27.7. The van der Waals surface area contributed by atoms with Crippen LogP contribution in [0.15, 0.2) is 60.7 Å². The van der Waals surface area contributed by atoms with Gasteiger partial charge in [0.1, 0.15) is 5.82 Å². The monoisotopic (exact) mass is 536 g/mol. The number of nitrogens with two attached hydrogens (primary N) is 1. The van der Waals surface area contributed by atoms with Gasteiger partial charge >= 0.3 is 0 Å². The summed E-state index contributed by atoms with van der Waals surface area (Å²) in [4.78, 5) is 41.1. The summed E-state index contributed by atoms with van der Waals surface area (Å²) >= 11 is 0. The van der Waals surface area contributed by atoms with Gasteiger partial charge in [-0.15, -0.1) is 0 Å². The average molecular weight is 537 g/mol. The second kappa shape index (κ2) is 10.9. The van der Waals surface area contributed by atoms with Crippen molar-refractivity contribution in [2.24, 2.45) is 5.73 Å². The Hall–Kier alpha value is -4.18. The van der Waals surface area contributed by atoms with E-state index in [2.05, 4.69) is 10.6 Å². The number of carbonyl (C=O) groups is 3. The lowest BCUT2D eigenvalue weighted by molar-refractivity contribution is -0.116. The van der Waals surface area contributed by atoms with Gasteiger partial charge in [-0.3, -0.25) is 19.3 Å². The van der Waals surface area contributed by atoms with Crippen LogP contribution in [0, 0.1) is 17.5 Å². The van der Waals surface area contributed by atoms with Crippen molar-refractivity contribution < 1.29 is 27.6 Å². The van der Waals surface area contributed by atoms with Crippen molar-refractivity contribution in [1.29, 1.82) is 0 Å². The van der Waals surface area contributed by atoms with Gasteiger partial charge in [-0.2, -0.15) is 0 Å². The molecule has 3 amide bonds. The Labute approximate surface area is 223 Å². The Kier molecular flexibility index (Phi) is 7.38. The van der Waals surface area contributed by atoms with Crippen molar-refractivity contribution in [2.75, 3.05) is 10.2 Å². The van der Waals surface area contributed by atoms with Crippen LogP contribution in [0.2, 0.25) is 0 Å². The molecule has 0 spiro atoms. The predicted octanol–water partition coefficient (Wildman–Crippen LogP) is 4.83. The fourth-order valence-corrected chi connectivity index (χ4v) is 5.19. The van der Waals surface area contributed by atoms with Crippen LogP contribution in [0.5, 0.6) is 0 Å². The summed E-state index contributed by atoms with van der Waals surface area (Å²) in [5.41, 5.74) is 7.19. The van der Waals surface area contributed by atoms with Gasteiger partial charge in [0.05, 0.1) is 23.8 Å². The number of anilines is 2. The molecular formula is C29H27F3N4O3. The third-order valence-electron chi connectivity index (χ3n) is 7.26. The molecule has 5 rings (SSSR count). The first-order chi connectivity index (χ1) is 18.7. The van der Waals surface area contributed by atoms with Crippen LogP contribution in [0.1, 0.15) is 64.4 Å². The average Bonchev–Trinajstić information content (AvgIpc) is 3.06. The van der Waals surface area contributed by atoms with E-state index in [0.29, 0.717) is 5.56 Å². The van der Waals surface area contributed by atoms with Gasteiger partial charge in [0.2, 0.25) is 5.91 Å². The number of benzene rings is 3. The first-order valence-electron chi connectivity index (χ1n) is 12.8. The van der Waals surface area contributed by atoms with Gasteiger partial charge in [-0.25, -0.2) is 13.2 Å². The van der Waals surface area contributed by atoms with Gasteiger partial charge in [-0.05, 0) is 66.9 Å². The maximum atomic E-state index is 14.1. The maximum absolute atomic E-state index is 14.1. The minimum Gasteiger partial charge on any atom is -0.348 e. The minimum atomic E-state index is -1.20. The van der Waals surface area contributed by atoms with Crippen LogP contribution in [0.4, 0.5) is 24.5 Å². The highest BCUT2D eigenvalue weighted by Crippen LogP contribution is 2.40. The molecule has 10 heteroatoms. The highest BCUT2D eigenvalue weighted by atomic mass is 19.2. The van der Waals surface area contributed by atoms with Crippen LogP contribution in [-0.2, 0) is 4.79 Å². The van der Waals surface area contributed by atoms with Crippen LogP contribution in [0.3, 0.4) is 0 Å². The fraction of sp³-hybridized carbons (Fsp3) is 0.276. The number of hydrogen-bond acceptors (Lipinski definition) is 4. The molecule has 2 aliphatic rings. The summed E-state index contributed by atoms with van der Waals surface area (Å²) < 4.78 is 41.4. The highest BCUT2D eigenvalue weighted by Gasteiger charge is 2.35. The number of nitrogens with zero attached hydrogens (tertiary/aromatic N) is 1. The smallest absolute Gasteiger partial charge is 0.259 e. The lowest BCUT2D eigenvalue weighted by Gasteiger charge is -2.31. The molecule has 1 aliphatic heterocycles. The van der Waals surface area contributed by atoms with Crippen LogP contribution < -0.4 is 21.3 Å². The quantitative estimate of drug-likeness (QED) is 0.444. The van der Waals surface area contributed by atoms with Gasteiger partial charge in [0.15, 0.2) is 11.6 Å². The molecule has 4 N–H and O–H groups in total. The normalized spacial score (nSPS) is 21.0. The molecule has 1 fully saturated rings. The summed E-state index contributed by atoms with van der Waals surface area (Å²) in [5, 5.41) is 5.71. The lowest BCUT2D eigenvalue weighted by Crippen LogP contribution is -2.49. The van der Waals surface area contributed by atoms with E-state index in [0.717, 1.165) is 43.9 Å². The molecule has 3 aromatic rings. The predicted molar refractivity (Wildman–Crippen MR) is 140 cm³/mol. The second-order valence-electron chi connectivity index (χ2n) is 9.88. The van der Waals surface area contributed by atoms with Crippen molar-refractivity contribution in [1.82, 2.24) is 5.32 Å². The number of rotatable bonds is 4. The van der Waals surface area contributed by atoms with E-state index in [1.54, 1.807) is 0 Å². The molecule has 3 atom stereocenters. The van der Waals surface area contributed by atoms with E-state index in [9.17, 15) is 27.6 Å². The maximum Gasteiger partial charge on any atom is 0.259 e. The summed E-state index contributed by atoms with van der Waals surface area (Å²) in [6.07, 6.45) is 3.36. The summed E-state index contributed by atoms with van der Waals surface area (Å²) in [7, 11) is 0. The standard InChI is InChI=1S/C29H27F3N4O3/c30-19-9-5-16(6-10-19)26-15-27(37)34-24-14-17(28(38)35-23-4-2-1-3-22(23)33)8-12-25(24)36(26)29(39)18-7-11-20(31)21(32)13-18/h5-14,22-23,26H,1-4,15,33H2,(H,34,37)(H,35,38). The van der Waals surface area contributed by atoms with Crippen LogP contribution in [-0.4, -0.2) is 29.8 Å². The number of halogens is 3. The number of nitrogens with one attached hydrogen (secondary N) is 2. The Morgan fingerprint density at radius 3 is 2.33 bits per heavy atom. The largest absolute Gasteiger partial charge is 0.348 e. The van der Waals surface area contributed by atoms with Crippen molar-refractivity contribution in [3.05, 3.63) is 94.8 Å². The molecule has 0 radical (unpaired) electrons. The molecule has 0 aromatic heterocycles. The first kappa shape index (κ1) is 26.4. The number of carbonyl (C=O) groups excluding carboxylic acids is 3. The van der Waals surface area contributed by atoms with Gasteiger partial charge in [0.25, 0.3) is 11.8 Å². The molecule has 3 aromatic carbocycles. The van der Waals surface area contributed by atoms with E-state index < -0.39 is 35.3 Å². The van der Waals surface area contributed by atoms with Crippen molar-refractivity contribution in [3.63, 3.8) is 0 Å². The summed E-state index contributed by atoms with van der Waals surface area (Å²) in [5.74, 6) is -4.32. The van der Waals surface area contributed by atoms with E-state index in [1.807, 2.05) is 0 Å². The topological polar surface area (TPSA) is 105 Å². The van der Waals surface area contributed by atoms with Crippen molar-refractivity contribution in [3.8, 4) is 0 Å². The van der Waals surface area contributed by atoms with E-state index in [-0.39, 0.29) is 46.9 Å². The number of hydrogen-bond donors (Lipinski definition) is 3. The third-order valence-corrected chi connectivity index (χ3v) is 7.26. The fourth-order valence-electron chi connectivity index (χ4n) is 5.19. The summed E-state index contributed by atoms with van der Waals surface area (Å²) in [6.45, 7) is 0. The van der Waals surface area contributed by atoms with Gasteiger partial charge in [0, 0.05) is 23.2 Å². The van der Waals surface area contributed by atoms with Gasteiger partial charge < -0.3 is 16.4 Å². The Morgan fingerprint density at radius 2 is 1.62 bits per heavy atom. The number of fused-ring (bicyclic) bond motifs is 1. The molecule has 1 aliphatic carbocycles. The molecule has 202 valence electrons. The van der Waals surface area contributed by atoms with Crippen LogP contribution >= 0.6 is 0 Å². The van der Waals surface area contributed by atoms with E-state index >= 15 is 0 Å². The molecule has 39 heavy (non-hydrogen) atoms. The molecule has 0 saturated heterocycles. The highest BCUT2D eigenvalue weighted by molar-refractivity contribution is 6.12. The molecule has 7 nitrogen and oxygen atoms in total. The first-order valence-corrected chi connectivity index (χ1v) is 12.8. The van der Waals surface area contributed by atoms with E-state index in [1.165, 1.54) is 47.4 Å². The Balaban J connectivity index is 1.56. The SMILES string of the molecule is NC1CCCCC1NC(=O)c1ccc2c(c1)NC(=O)CC(c1ccc(F)cc1)N2C(=O)c1ccc(F)c(F)c1. The molecule has 1 heterocycles.